The first-order chi connectivity index (χ1) is 14.4. The lowest BCUT2D eigenvalue weighted by atomic mass is 10.1. The number of aryl methyl sites for hydroxylation is 3. The number of hydrogen-bond acceptors (Lipinski definition) is 5. The highest BCUT2D eigenvalue weighted by Gasteiger charge is 2.20. The Bertz CT molecular complexity index is 1100. The number of likely N-dealkylation sites (tertiary alicyclic amines) is 1. The number of nitrogens with zero attached hydrogens (tertiary/aromatic N) is 1. The Morgan fingerprint density at radius 1 is 1.00 bits per heavy atom. The first-order valence-electron chi connectivity index (χ1n) is 10.7. The van der Waals surface area contributed by atoms with Gasteiger partial charge in [-0.3, -0.25) is 9.69 Å². The fourth-order valence-electron chi connectivity index (χ4n) is 4.29. The number of rotatable bonds is 4. The molecule has 158 valence electrons. The number of benzene rings is 2. The van der Waals surface area contributed by atoms with Gasteiger partial charge in [-0.2, -0.15) is 0 Å². The predicted octanol–water partition coefficient (Wildman–Crippen LogP) is 5.59. The molecule has 0 saturated carbocycles. The summed E-state index contributed by atoms with van der Waals surface area (Å²) >= 11 is 0. The molecular weight excluding hydrogens is 378 g/mol. The normalized spacial score (nSPS) is 15.3. The van der Waals surface area contributed by atoms with Gasteiger partial charge < -0.3 is 14.3 Å². The van der Waals surface area contributed by atoms with Crippen molar-refractivity contribution >= 4 is 11.0 Å². The van der Waals surface area contributed by atoms with Crippen molar-refractivity contribution in [1.82, 2.24) is 4.90 Å². The van der Waals surface area contributed by atoms with Crippen LogP contribution in [-0.2, 0) is 6.54 Å². The molecule has 0 amide bonds. The second-order valence-electron chi connectivity index (χ2n) is 8.37. The topological polar surface area (TPSA) is 62.9 Å². The van der Waals surface area contributed by atoms with Gasteiger partial charge in [0.25, 0.3) is 0 Å². The maximum Gasteiger partial charge on any atom is 0.235 e. The molecule has 1 aliphatic heterocycles. The standard InChI is InChI=1S/C25H29NO4/c1-16-12-17(2)14-19(13-16)30-24-18(3)29-25-20(23(24)28)8-9-22(27)21(25)15-26-10-6-4-5-7-11-26/h8-9,12-14,27H,4-7,10-11,15H2,1-3H3. The van der Waals surface area contributed by atoms with Gasteiger partial charge in [0.1, 0.15) is 22.8 Å². The van der Waals surface area contributed by atoms with Crippen LogP contribution >= 0.6 is 0 Å². The van der Waals surface area contributed by atoms with E-state index in [-0.39, 0.29) is 16.9 Å². The maximum absolute atomic E-state index is 13.3. The molecule has 5 nitrogen and oxygen atoms in total. The number of aromatic hydroxyl groups is 1. The second kappa shape index (κ2) is 8.52. The molecule has 0 unspecified atom stereocenters. The molecule has 1 aliphatic rings. The Labute approximate surface area is 176 Å². The van der Waals surface area contributed by atoms with E-state index in [0.29, 0.717) is 34.6 Å². The Morgan fingerprint density at radius 2 is 1.67 bits per heavy atom. The Balaban J connectivity index is 1.75. The van der Waals surface area contributed by atoms with Gasteiger partial charge in [-0.15, -0.1) is 0 Å². The SMILES string of the molecule is Cc1cc(C)cc(Oc2c(C)oc3c(CN4CCCCCC4)c(O)ccc3c2=O)c1. The van der Waals surface area contributed by atoms with Crippen LogP contribution < -0.4 is 10.2 Å². The van der Waals surface area contributed by atoms with Crippen LogP contribution in [0.4, 0.5) is 0 Å². The van der Waals surface area contributed by atoms with Gasteiger partial charge in [-0.05, 0) is 82.1 Å². The lowest BCUT2D eigenvalue weighted by molar-refractivity contribution is 0.272. The molecule has 5 heteroatoms. The van der Waals surface area contributed by atoms with Gasteiger partial charge in [0.15, 0.2) is 0 Å². The third-order valence-electron chi connectivity index (χ3n) is 5.76. The van der Waals surface area contributed by atoms with Crippen molar-refractivity contribution in [2.24, 2.45) is 0 Å². The molecular formula is C25H29NO4. The van der Waals surface area contributed by atoms with E-state index in [0.717, 1.165) is 37.1 Å². The lowest BCUT2D eigenvalue weighted by Crippen LogP contribution is -2.24. The molecule has 0 radical (unpaired) electrons. The highest BCUT2D eigenvalue weighted by Crippen LogP contribution is 2.32. The van der Waals surface area contributed by atoms with Crippen LogP contribution in [0.25, 0.3) is 11.0 Å². The molecule has 1 aromatic heterocycles. The molecule has 0 aliphatic carbocycles. The summed E-state index contributed by atoms with van der Waals surface area (Å²) in [6, 6.07) is 9.06. The molecule has 1 fully saturated rings. The minimum absolute atomic E-state index is 0.164. The first kappa shape index (κ1) is 20.5. The van der Waals surface area contributed by atoms with E-state index in [1.807, 2.05) is 26.0 Å². The van der Waals surface area contributed by atoms with Crippen molar-refractivity contribution in [3.63, 3.8) is 0 Å². The summed E-state index contributed by atoms with van der Waals surface area (Å²) in [7, 11) is 0. The van der Waals surface area contributed by atoms with E-state index in [4.69, 9.17) is 9.15 Å². The van der Waals surface area contributed by atoms with E-state index in [2.05, 4.69) is 11.0 Å². The molecule has 0 bridgehead atoms. The lowest BCUT2D eigenvalue weighted by Gasteiger charge is -2.21. The molecule has 4 rings (SSSR count). The van der Waals surface area contributed by atoms with Crippen molar-refractivity contribution < 1.29 is 14.3 Å². The van der Waals surface area contributed by atoms with Crippen molar-refractivity contribution in [3.05, 3.63) is 63.0 Å². The summed E-state index contributed by atoms with van der Waals surface area (Å²) in [5.41, 5.74) is 3.04. The van der Waals surface area contributed by atoms with Gasteiger partial charge in [-0.1, -0.05) is 18.9 Å². The van der Waals surface area contributed by atoms with Gasteiger partial charge in [-0.25, -0.2) is 0 Å². The fraction of sp³-hybridized carbons (Fsp3) is 0.400. The van der Waals surface area contributed by atoms with Crippen LogP contribution in [-0.4, -0.2) is 23.1 Å². The van der Waals surface area contributed by atoms with Crippen molar-refractivity contribution in [1.29, 1.82) is 0 Å². The molecule has 0 spiro atoms. The summed E-state index contributed by atoms with van der Waals surface area (Å²) in [4.78, 5) is 15.6. The summed E-state index contributed by atoms with van der Waals surface area (Å²) in [6.45, 7) is 8.28. The van der Waals surface area contributed by atoms with E-state index < -0.39 is 0 Å². The molecule has 1 N–H and O–H groups in total. The van der Waals surface area contributed by atoms with Gasteiger partial charge in [0.05, 0.1) is 10.9 Å². The molecule has 2 aromatic carbocycles. The quantitative estimate of drug-likeness (QED) is 0.611. The Kier molecular flexibility index (Phi) is 5.82. The largest absolute Gasteiger partial charge is 0.507 e. The average Bonchev–Trinajstić information content (AvgIpc) is 2.95. The smallest absolute Gasteiger partial charge is 0.235 e. The van der Waals surface area contributed by atoms with Crippen LogP contribution in [0.1, 0.15) is 48.1 Å². The molecule has 1 saturated heterocycles. The van der Waals surface area contributed by atoms with Crippen LogP contribution in [0.2, 0.25) is 0 Å². The van der Waals surface area contributed by atoms with Crippen LogP contribution in [0.3, 0.4) is 0 Å². The molecule has 3 aromatic rings. The number of phenols is 1. The minimum Gasteiger partial charge on any atom is -0.507 e. The van der Waals surface area contributed by atoms with E-state index in [9.17, 15) is 9.90 Å². The number of fused-ring (bicyclic) bond motifs is 1. The van der Waals surface area contributed by atoms with Gasteiger partial charge in [0.2, 0.25) is 11.2 Å². The zero-order valence-electron chi connectivity index (χ0n) is 18.0. The van der Waals surface area contributed by atoms with Gasteiger partial charge >= 0.3 is 0 Å². The van der Waals surface area contributed by atoms with Crippen LogP contribution in [0.15, 0.2) is 39.5 Å². The van der Waals surface area contributed by atoms with Crippen molar-refractivity contribution in [2.45, 2.75) is 53.0 Å². The van der Waals surface area contributed by atoms with Crippen LogP contribution in [0, 0.1) is 20.8 Å². The third-order valence-corrected chi connectivity index (χ3v) is 5.76. The minimum atomic E-state index is -0.218. The average molecular weight is 408 g/mol. The van der Waals surface area contributed by atoms with Crippen molar-refractivity contribution in [2.75, 3.05) is 13.1 Å². The van der Waals surface area contributed by atoms with Crippen molar-refractivity contribution in [3.8, 4) is 17.2 Å². The third kappa shape index (κ3) is 4.21. The number of ether oxygens (including phenoxy) is 1. The van der Waals surface area contributed by atoms with E-state index >= 15 is 0 Å². The zero-order chi connectivity index (χ0) is 21.3. The monoisotopic (exact) mass is 407 g/mol. The Morgan fingerprint density at radius 3 is 2.33 bits per heavy atom. The summed E-state index contributed by atoms with van der Waals surface area (Å²) in [5, 5.41) is 11.0. The zero-order valence-corrected chi connectivity index (χ0v) is 18.0. The molecule has 2 heterocycles. The number of phenolic OH excluding ortho intramolecular Hbond substituents is 1. The summed E-state index contributed by atoms with van der Waals surface area (Å²) in [5.74, 6) is 1.39. The van der Waals surface area contributed by atoms with E-state index in [1.54, 1.807) is 19.1 Å². The highest BCUT2D eigenvalue weighted by molar-refractivity contribution is 5.83. The second-order valence-corrected chi connectivity index (χ2v) is 8.37. The molecule has 0 atom stereocenters. The Hall–Kier alpha value is -2.79. The van der Waals surface area contributed by atoms with E-state index in [1.165, 1.54) is 12.8 Å². The highest BCUT2D eigenvalue weighted by atomic mass is 16.5. The summed E-state index contributed by atoms with van der Waals surface area (Å²) < 4.78 is 12.0. The van der Waals surface area contributed by atoms with Gasteiger partial charge in [0, 0.05) is 6.54 Å². The number of hydrogen-bond donors (Lipinski definition) is 1. The van der Waals surface area contributed by atoms with Crippen LogP contribution in [0.5, 0.6) is 17.2 Å². The molecule has 30 heavy (non-hydrogen) atoms. The predicted molar refractivity (Wildman–Crippen MR) is 119 cm³/mol. The first-order valence-corrected chi connectivity index (χ1v) is 10.7. The summed E-state index contributed by atoms with van der Waals surface area (Å²) in [6.07, 6.45) is 4.79. The maximum atomic E-state index is 13.3. The fourth-order valence-corrected chi connectivity index (χ4v) is 4.29.